The second-order valence-electron chi connectivity index (χ2n) is 6.03. The molecule has 0 saturated heterocycles. The van der Waals surface area contributed by atoms with Crippen molar-refractivity contribution in [2.75, 3.05) is 39.1 Å². The lowest BCUT2D eigenvalue weighted by Crippen LogP contribution is -2.28. The van der Waals surface area contributed by atoms with E-state index >= 15 is 0 Å². The minimum Gasteiger partial charge on any atom is -0.358 e. The van der Waals surface area contributed by atoms with Gasteiger partial charge in [-0.2, -0.15) is 4.98 Å². The number of hydrogen-bond donors (Lipinski definition) is 0. The van der Waals surface area contributed by atoms with E-state index in [1.165, 1.54) is 6.07 Å². The lowest BCUT2D eigenvalue weighted by Gasteiger charge is -2.20. The minimum atomic E-state index is -0.383. The standard InChI is InChI=1S/C18H20FN5O/c1-23(2)10-11-24(3)16-9-8-13(12-20-16)18-21-17(22-25-18)14-6-4-5-7-15(14)19/h4-9,12H,10-11H2,1-3H3. The Kier molecular flexibility index (Phi) is 5.04. The number of hydrogen-bond acceptors (Lipinski definition) is 6. The SMILES string of the molecule is CN(C)CCN(C)c1ccc(-c2nc(-c3ccccc3F)no2)cn1. The van der Waals surface area contributed by atoms with Gasteiger partial charge in [-0.25, -0.2) is 9.37 Å². The maximum Gasteiger partial charge on any atom is 0.259 e. The Labute approximate surface area is 145 Å². The summed E-state index contributed by atoms with van der Waals surface area (Å²) >= 11 is 0. The normalized spacial score (nSPS) is 11.1. The number of likely N-dealkylation sites (N-methyl/N-ethyl adjacent to an activating group) is 2. The van der Waals surface area contributed by atoms with Gasteiger partial charge in [0, 0.05) is 26.3 Å². The van der Waals surface area contributed by atoms with Gasteiger partial charge in [0.15, 0.2) is 0 Å². The van der Waals surface area contributed by atoms with Gasteiger partial charge in [-0.05, 0) is 38.4 Å². The minimum absolute atomic E-state index is 0.222. The van der Waals surface area contributed by atoms with Crippen molar-refractivity contribution in [3.63, 3.8) is 0 Å². The van der Waals surface area contributed by atoms with Gasteiger partial charge < -0.3 is 14.3 Å². The van der Waals surface area contributed by atoms with Crippen LogP contribution in [-0.2, 0) is 0 Å². The van der Waals surface area contributed by atoms with Crippen LogP contribution in [0.15, 0.2) is 47.1 Å². The summed E-state index contributed by atoms with van der Waals surface area (Å²) < 4.78 is 19.1. The first-order valence-electron chi connectivity index (χ1n) is 7.95. The first-order valence-corrected chi connectivity index (χ1v) is 7.95. The Morgan fingerprint density at radius 1 is 1.04 bits per heavy atom. The van der Waals surface area contributed by atoms with Crippen molar-refractivity contribution < 1.29 is 8.91 Å². The molecular formula is C18H20FN5O. The lowest BCUT2D eigenvalue weighted by molar-refractivity contribution is 0.416. The van der Waals surface area contributed by atoms with Crippen LogP contribution in [0.3, 0.4) is 0 Å². The van der Waals surface area contributed by atoms with Crippen LogP contribution in [0.25, 0.3) is 22.8 Å². The summed E-state index contributed by atoms with van der Waals surface area (Å²) in [5, 5.41) is 3.86. The molecule has 0 atom stereocenters. The molecule has 0 unspecified atom stereocenters. The van der Waals surface area contributed by atoms with Crippen molar-refractivity contribution >= 4 is 5.82 Å². The second-order valence-corrected chi connectivity index (χ2v) is 6.03. The zero-order chi connectivity index (χ0) is 17.8. The zero-order valence-electron chi connectivity index (χ0n) is 14.5. The predicted molar refractivity (Wildman–Crippen MR) is 94.7 cm³/mol. The number of anilines is 1. The molecule has 2 heterocycles. The van der Waals surface area contributed by atoms with Crippen LogP contribution in [0.2, 0.25) is 0 Å². The first kappa shape index (κ1) is 17.0. The molecule has 0 bridgehead atoms. The quantitative estimate of drug-likeness (QED) is 0.687. The van der Waals surface area contributed by atoms with Crippen LogP contribution in [0.1, 0.15) is 0 Å². The predicted octanol–water partition coefficient (Wildman–Crippen LogP) is 2.94. The van der Waals surface area contributed by atoms with Gasteiger partial charge in [0.25, 0.3) is 5.89 Å². The van der Waals surface area contributed by atoms with E-state index in [0.29, 0.717) is 17.0 Å². The van der Waals surface area contributed by atoms with Gasteiger partial charge in [0.1, 0.15) is 11.6 Å². The Morgan fingerprint density at radius 3 is 2.52 bits per heavy atom. The van der Waals surface area contributed by atoms with Crippen molar-refractivity contribution in [2.24, 2.45) is 0 Å². The largest absolute Gasteiger partial charge is 0.358 e. The summed E-state index contributed by atoms with van der Waals surface area (Å²) in [6, 6.07) is 10.1. The topological polar surface area (TPSA) is 58.3 Å². The molecular weight excluding hydrogens is 321 g/mol. The molecule has 0 radical (unpaired) electrons. The number of halogens is 1. The Balaban J connectivity index is 1.76. The van der Waals surface area contributed by atoms with E-state index in [4.69, 9.17) is 4.52 Å². The number of nitrogens with zero attached hydrogens (tertiary/aromatic N) is 5. The molecule has 0 aliphatic rings. The van der Waals surface area contributed by atoms with Crippen molar-refractivity contribution in [1.29, 1.82) is 0 Å². The summed E-state index contributed by atoms with van der Waals surface area (Å²) in [5.74, 6) is 1.01. The molecule has 6 nitrogen and oxygen atoms in total. The second kappa shape index (κ2) is 7.40. The van der Waals surface area contributed by atoms with Crippen molar-refractivity contribution in [2.45, 2.75) is 0 Å². The zero-order valence-corrected chi connectivity index (χ0v) is 14.5. The fraction of sp³-hybridized carbons (Fsp3) is 0.278. The molecule has 1 aromatic carbocycles. The average Bonchev–Trinajstić information content (AvgIpc) is 3.10. The van der Waals surface area contributed by atoms with Gasteiger partial charge in [0.05, 0.1) is 11.1 Å². The summed E-state index contributed by atoms with van der Waals surface area (Å²) in [5.41, 5.74) is 1.00. The molecule has 0 spiro atoms. The molecule has 0 aliphatic carbocycles. The third kappa shape index (κ3) is 4.00. The highest BCUT2D eigenvalue weighted by Gasteiger charge is 2.14. The molecule has 3 rings (SSSR count). The number of benzene rings is 1. The molecule has 25 heavy (non-hydrogen) atoms. The van der Waals surface area contributed by atoms with E-state index in [-0.39, 0.29) is 11.6 Å². The van der Waals surface area contributed by atoms with Crippen LogP contribution in [0, 0.1) is 5.82 Å². The van der Waals surface area contributed by atoms with Crippen molar-refractivity contribution in [3.8, 4) is 22.8 Å². The van der Waals surface area contributed by atoms with E-state index < -0.39 is 0 Å². The fourth-order valence-corrected chi connectivity index (χ4v) is 2.30. The summed E-state index contributed by atoms with van der Waals surface area (Å²) in [7, 11) is 6.06. The van der Waals surface area contributed by atoms with E-state index in [1.807, 2.05) is 33.3 Å². The van der Waals surface area contributed by atoms with Crippen LogP contribution < -0.4 is 4.90 Å². The number of aromatic nitrogens is 3. The Hall–Kier alpha value is -2.80. The van der Waals surface area contributed by atoms with Crippen LogP contribution in [0.4, 0.5) is 10.2 Å². The molecule has 130 valence electrons. The molecule has 7 heteroatoms. The van der Waals surface area contributed by atoms with Crippen LogP contribution >= 0.6 is 0 Å². The molecule has 3 aromatic rings. The third-order valence-corrected chi connectivity index (χ3v) is 3.81. The Bertz CT molecular complexity index is 831. The molecule has 0 saturated carbocycles. The maximum absolute atomic E-state index is 13.8. The monoisotopic (exact) mass is 341 g/mol. The number of pyridine rings is 1. The van der Waals surface area contributed by atoms with E-state index in [1.54, 1.807) is 24.4 Å². The van der Waals surface area contributed by atoms with Crippen molar-refractivity contribution in [1.82, 2.24) is 20.0 Å². The van der Waals surface area contributed by atoms with Gasteiger partial charge in [-0.1, -0.05) is 17.3 Å². The van der Waals surface area contributed by atoms with E-state index in [9.17, 15) is 4.39 Å². The van der Waals surface area contributed by atoms with Crippen LogP contribution in [0.5, 0.6) is 0 Å². The summed E-state index contributed by atoms with van der Waals surface area (Å²) in [4.78, 5) is 12.9. The molecule has 2 aromatic heterocycles. The highest BCUT2D eigenvalue weighted by atomic mass is 19.1. The highest BCUT2D eigenvalue weighted by Crippen LogP contribution is 2.24. The summed E-state index contributed by atoms with van der Waals surface area (Å²) in [6.45, 7) is 1.81. The van der Waals surface area contributed by atoms with E-state index in [2.05, 4.69) is 24.9 Å². The average molecular weight is 341 g/mol. The van der Waals surface area contributed by atoms with E-state index in [0.717, 1.165) is 18.9 Å². The van der Waals surface area contributed by atoms with Gasteiger partial charge in [-0.3, -0.25) is 0 Å². The van der Waals surface area contributed by atoms with Crippen molar-refractivity contribution in [3.05, 3.63) is 48.4 Å². The molecule has 0 amide bonds. The maximum atomic E-state index is 13.8. The van der Waals surface area contributed by atoms with Gasteiger partial charge in [0.2, 0.25) is 5.82 Å². The fourth-order valence-electron chi connectivity index (χ4n) is 2.30. The molecule has 0 fully saturated rings. The lowest BCUT2D eigenvalue weighted by atomic mass is 10.2. The number of rotatable bonds is 6. The summed E-state index contributed by atoms with van der Waals surface area (Å²) in [6.07, 6.45) is 1.68. The van der Waals surface area contributed by atoms with Gasteiger partial charge in [-0.15, -0.1) is 0 Å². The van der Waals surface area contributed by atoms with Crippen LogP contribution in [-0.4, -0.2) is 54.3 Å². The highest BCUT2D eigenvalue weighted by molar-refractivity contribution is 5.60. The third-order valence-electron chi connectivity index (χ3n) is 3.81. The van der Waals surface area contributed by atoms with Gasteiger partial charge >= 0.3 is 0 Å². The molecule has 0 aliphatic heterocycles. The smallest absolute Gasteiger partial charge is 0.259 e. The molecule has 0 N–H and O–H groups in total. The first-order chi connectivity index (χ1) is 12.0. The Morgan fingerprint density at radius 2 is 1.84 bits per heavy atom.